The van der Waals surface area contributed by atoms with E-state index in [4.69, 9.17) is 12.2 Å². The Balaban J connectivity index is 1.88. The van der Waals surface area contributed by atoms with Gasteiger partial charge in [0.2, 0.25) is 0 Å². The lowest BCUT2D eigenvalue weighted by Gasteiger charge is -2.27. The number of pyridine rings is 1. The molecule has 0 amide bonds. The van der Waals surface area contributed by atoms with Gasteiger partial charge in [0.1, 0.15) is 0 Å². The molecule has 7 heteroatoms. The Morgan fingerprint density at radius 1 is 1.42 bits per heavy atom. The van der Waals surface area contributed by atoms with E-state index in [1.54, 1.807) is 11.3 Å². The summed E-state index contributed by atoms with van der Waals surface area (Å²) in [6, 6.07) is 8.51. The van der Waals surface area contributed by atoms with Gasteiger partial charge >= 0.3 is 0 Å². The summed E-state index contributed by atoms with van der Waals surface area (Å²) in [6.45, 7) is 1.99. The SMILES string of the molecule is CN(C)CCCN1C(=S)N[C@@H](c2ccccn2)[C@@H]1c1cc(Br)cs1. The largest absolute Gasteiger partial charge is 0.352 e. The van der Waals surface area contributed by atoms with Gasteiger partial charge < -0.3 is 15.1 Å². The molecule has 1 fully saturated rings. The number of nitrogens with zero attached hydrogens (tertiary/aromatic N) is 3. The predicted octanol–water partition coefficient (Wildman–Crippen LogP) is 3.83. The lowest BCUT2D eigenvalue weighted by Crippen LogP contribution is -2.32. The Labute approximate surface area is 161 Å². The van der Waals surface area contributed by atoms with Crippen LogP contribution < -0.4 is 5.32 Å². The number of rotatable bonds is 6. The minimum atomic E-state index is 0.0867. The second-order valence-electron chi connectivity index (χ2n) is 6.14. The highest BCUT2D eigenvalue weighted by molar-refractivity contribution is 9.10. The van der Waals surface area contributed by atoms with Crippen LogP contribution in [0.25, 0.3) is 0 Å². The highest BCUT2D eigenvalue weighted by Gasteiger charge is 2.40. The van der Waals surface area contributed by atoms with Crippen LogP contribution in [0.5, 0.6) is 0 Å². The van der Waals surface area contributed by atoms with Gasteiger partial charge in [0.05, 0.1) is 17.8 Å². The van der Waals surface area contributed by atoms with E-state index in [9.17, 15) is 0 Å². The maximum atomic E-state index is 5.65. The van der Waals surface area contributed by atoms with E-state index in [2.05, 4.69) is 67.6 Å². The molecular weight excluding hydrogens is 404 g/mol. The number of hydrogen-bond donors (Lipinski definition) is 1. The van der Waals surface area contributed by atoms with Gasteiger partial charge in [-0.15, -0.1) is 11.3 Å². The Hall–Kier alpha value is -1.02. The smallest absolute Gasteiger partial charge is 0.170 e. The van der Waals surface area contributed by atoms with Crippen LogP contribution >= 0.6 is 39.5 Å². The summed E-state index contributed by atoms with van der Waals surface area (Å²) in [4.78, 5) is 10.4. The molecule has 1 aliphatic heterocycles. The van der Waals surface area contributed by atoms with Crippen molar-refractivity contribution in [2.24, 2.45) is 0 Å². The zero-order valence-electron chi connectivity index (χ0n) is 13.8. The van der Waals surface area contributed by atoms with Crippen molar-refractivity contribution in [3.63, 3.8) is 0 Å². The quantitative estimate of drug-likeness (QED) is 0.712. The molecule has 1 aliphatic rings. The minimum Gasteiger partial charge on any atom is -0.352 e. The number of hydrogen-bond acceptors (Lipinski definition) is 4. The van der Waals surface area contributed by atoms with E-state index >= 15 is 0 Å². The Kier molecular flexibility index (Phi) is 5.86. The molecule has 128 valence electrons. The lowest BCUT2D eigenvalue weighted by atomic mass is 10.0. The van der Waals surface area contributed by atoms with E-state index in [-0.39, 0.29) is 12.1 Å². The molecule has 2 aromatic heterocycles. The van der Waals surface area contributed by atoms with E-state index in [1.807, 2.05) is 18.3 Å². The van der Waals surface area contributed by atoms with Crippen molar-refractivity contribution in [1.29, 1.82) is 0 Å². The monoisotopic (exact) mass is 424 g/mol. The first kappa shape index (κ1) is 17.8. The summed E-state index contributed by atoms with van der Waals surface area (Å²) in [5.74, 6) is 0. The van der Waals surface area contributed by atoms with Crippen molar-refractivity contribution in [3.8, 4) is 0 Å². The molecule has 3 heterocycles. The van der Waals surface area contributed by atoms with E-state index in [0.717, 1.165) is 34.8 Å². The van der Waals surface area contributed by atoms with Crippen LogP contribution in [0.4, 0.5) is 0 Å². The summed E-state index contributed by atoms with van der Waals surface area (Å²) in [7, 11) is 4.20. The molecule has 3 rings (SSSR count). The molecule has 0 bridgehead atoms. The number of aromatic nitrogens is 1. The summed E-state index contributed by atoms with van der Waals surface area (Å²) < 4.78 is 1.12. The average molecular weight is 425 g/mol. The van der Waals surface area contributed by atoms with Crippen molar-refractivity contribution in [2.75, 3.05) is 27.2 Å². The van der Waals surface area contributed by atoms with Gasteiger partial charge in [-0.3, -0.25) is 4.98 Å². The van der Waals surface area contributed by atoms with E-state index in [0.29, 0.717) is 0 Å². The second-order valence-corrected chi connectivity index (χ2v) is 8.39. The number of thiocarbonyl (C=S) groups is 1. The third-order valence-electron chi connectivity index (χ3n) is 4.08. The molecule has 2 atom stereocenters. The van der Waals surface area contributed by atoms with Crippen LogP contribution in [0, 0.1) is 0 Å². The zero-order valence-corrected chi connectivity index (χ0v) is 17.0. The Bertz CT molecular complexity index is 689. The zero-order chi connectivity index (χ0) is 17.1. The molecule has 1 N–H and O–H groups in total. The summed E-state index contributed by atoms with van der Waals surface area (Å²) >= 11 is 11.0. The van der Waals surface area contributed by atoms with Gasteiger partial charge in [-0.1, -0.05) is 6.07 Å². The number of thiophene rings is 1. The summed E-state index contributed by atoms with van der Waals surface area (Å²) in [5.41, 5.74) is 1.03. The Morgan fingerprint density at radius 2 is 2.25 bits per heavy atom. The maximum Gasteiger partial charge on any atom is 0.170 e. The van der Waals surface area contributed by atoms with E-state index < -0.39 is 0 Å². The molecule has 4 nitrogen and oxygen atoms in total. The normalized spacial score (nSPS) is 20.7. The molecular formula is C17H21BrN4S2. The van der Waals surface area contributed by atoms with Gasteiger partial charge in [-0.05, 0) is 73.4 Å². The fraction of sp³-hybridized carbons (Fsp3) is 0.412. The van der Waals surface area contributed by atoms with Crippen molar-refractivity contribution >= 4 is 44.6 Å². The van der Waals surface area contributed by atoms with Crippen LogP contribution in [0.1, 0.15) is 29.1 Å². The second kappa shape index (κ2) is 7.91. The van der Waals surface area contributed by atoms with Gasteiger partial charge in [-0.25, -0.2) is 0 Å². The average Bonchev–Trinajstić information content (AvgIpc) is 3.12. The van der Waals surface area contributed by atoms with Crippen LogP contribution in [-0.2, 0) is 0 Å². The highest BCUT2D eigenvalue weighted by Crippen LogP contribution is 2.41. The van der Waals surface area contributed by atoms with Gasteiger partial charge in [-0.2, -0.15) is 0 Å². The fourth-order valence-electron chi connectivity index (χ4n) is 3.00. The van der Waals surface area contributed by atoms with Crippen LogP contribution in [0.2, 0.25) is 0 Å². The summed E-state index contributed by atoms with van der Waals surface area (Å²) in [6.07, 6.45) is 2.92. The third-order valence-corrected chi connectivity index (χ3v) is 6.20. The van der Waals surface area contributed by atoms with Crippen LogP contribution in [0.3, 0.4) is 0 Å². The molecule has 24 heavy (non-hydrogen) atoms. The Morgan fingerprint density at radius 3 is 2.88 bits per heavy atom. The molecule has 2 aromatic rings. The van der Waals surface area contributed by atoms with Gasteiger partial charge in [0, 0.05) is 27.5 Å². The van der Waals surface area contributed by atoms with Crippen molar-refractivity contribution < 1.29 is 0 Å². The fourth-order valence-corrected chi connectivity index (χ4v) is 4.92. The molecule has 1 saturated heterocycles. The standard InChI is InChI=1S/C17H21BrN4S2/c1-21(2)8-5-9-22-16(14-10-12(18)11-24-14)15(20-17(22)23)13-6-3-4-7-19-13/h3-4,6-7,10-11,15-16H,5,8-9H2,1-2H3,(H,20,23)/t15-,16-/m0/s1. The first-order valence-corrected chi connectivity index (χ1v) is 10.0. The number of nitrogens with one attached hydrogen (secondary N) is 1. The molecule has 0 aromatic carbocycles. The molecule has 0 radical (unpaired) electrons. The summed E-state index contributed by atoms with van der Waals surface area (Å²) in [5, 5.41) is 6.44. The van der Waals surface area contributed by atoms with Gasteiger partial charge in [0.25, 0.3) is 0 Å². The highest BCUT2D eigenvalue weighted by atomic mass is 79.9. The number of halogens is 1. The minimum absolute atomic E-state index is 0.0867. The molecule has 0 spiro atoms. The molecule has 0 aliphatic carbocycles. The van der Waals surface area contributed by atoms with E-state index in [1.165, 1.54) is 4.88 Å². The molecule has 0 saturated carbocycles. The first-order valence-electron chi connectivity index (χ1n) is 7.93. The van der Waals surface area contributed by atoms with Gasteiger partial charge in [0.15, 0.2) is 5.11 Å². The lowest BCUT2D eigenvalue weighted by molar-refractivity contribution is 0.296. The van der Waals surface area contributed by atoms with Crippen molar-refractivity contribution in [3.05, 3.63) is 50.9 Å². The first-order chi connectivity index (χ1) is 11.6. The molecule has 0 unspecified atom stereocenters. The topological polar surface area (TPSA) is 31.4 Å². The van der Waals surface area contributed by atoms with Crippen molar-refractivity contribution in [2.45, 2.75) is 18.5 Å². The van der Waals surface area contributed by atoms with Crippen LogP contribution in [-0.4, -0.2) is 47.1 Å². The third kappa shape index (κ3) is 3.96. The van der Waals surface area contributed by atoms with Crippen molar-refractivity contribution in [1.82, 2.24) is 20.1 Å². The predicted molar refractivity (Wildman–Crippen MR) is 107 cm³/mol. The van der Waals surface area contributed by atoms with Crippen LogP contribution in [0.15, 0.2) is 40.3 Å². The maximum absolute atomic E-state index is 5.65.